The molecule has 1 fully saturated rings. The van der Waals surface area contributed by atoms with E-state index in [-0.39, 0.29) is 17.9 Å². The molecular formula is C21H20N4O4. The number of aryl methyl sites for hydroxylation is 1. The molecule has 1 saturated heterocycles. The van der Waals surface area contributed by atoms with Crippen LogP contribution in [0.3, 0.4) is 0 Å². The number of hydrogen-bond donors (Lipinski definition) is 2. The Hall–Kier alpha value is -3.52. The number of primary amides is 1. The second-order valence-electron chi connectivity index (χ2n) is 7.22. The molecule has 0 radical (unpaired) electrons. The summed E-state index contributed by atoms with van der Waals surface area (Å²) >= 11 is 0. The van der Waals surface area contributed by atoms with Gasteiger partial charge in [-0.15, -0.1) is 0 Å². The Morgan fingerprint density at radius 3 is 2.72 bits per heavy atom. The van der Waals surface area contributed by atoms with E-state index in [1.807, 2.05) is 25.1 Å². The number of carbonyl (C=O) groups excluding carboxylic acids is 2. The lowest BCUT2D eigenvalue weighted by molar-refractivity contribution is -0.144. The first kappa shape index (κ1) is 18.8. The van der Waals surface area contributed by atoms with Crippen LogP contribution in [0.15, 0.2) is 47.0 Å². The van der Waals surface area contributed by atoms with Crippen molar-refractivity contribution in [3.05, 3.63) is 59.5 Å². The minimum absolute atomic E-state index is 0.125. The Balaban J connectivity index is 1.73. The molecule has 3 N–H and O–H groups in total. The topological polar surface area (TPSA) is 123 Å². The van der Waals surface area contributed by atoms with Crippen LogP contribution >= 0.6 is 0 Å². The number of aromatic nitrogens is 2. The zero-order valence-electron chi connectivity index (χ0n) is 16.0. The van der Waals surface area contributed by atoms with Gasteiger partial charge in [-0.1, -0.05) is 23.4 Å². The van der Waals surface area contributed by atoms with Crippen molar-refractivity contribution < 1.29 is 19.2 Å². The van der Waals surface area contributed by atoms with Gasteiger partial charge in [0.25, 0.3) is 11.8 Å². The first-order valence-corrected chi connectivity index (χ1v) is 9.13. The first-order chi connectivity index (χ1) is 13.8. The van der Waals surface area contributed by atoms with Crippen LogP contribution in [0.1, 0.15) is 28.2 Å². The number of hydrogen-bond acceptors (Lipinski definition) is 6. The van der Waals surface area contributed by atoms with Crippen LogP contribution in [-0.2, 0) is 10.4 Å². The summed E-state index contributed by atoms with van der Waals surface area (Å²) in [6.45, 7) is 2.37. The van der Waals surface area contributed by atoms with Gasteiger partial charge in [-0.05, 0) is 30.7 Å². The largest absolute Gasteiger partial charge is 0.373 e. The molecule has 4 rings (SSSR count). The molecule has 1 atom stereocenters. The van der Waals surface area contributed by atoms with Crippen molar-refractivity contribution in [1.82, 2.24) is 15.0 Å². The van der Waals surface area contributed by atoms with Gasteiger partial charge in [0.15, 0.2) is 5.76 Å². The number of pyridine rings is 1. The molecule has 3 heterocycles. The van der Waals surface area contributed by atoms with Gasteiger partial charge >= 0.3 is 0 Å². The highest BCUT2D eigenvalue weighted by molar-refractivity contribution is 5.91. The highest BCUT2D eigenvalue weighted by atomic mass is 16.5. The normalized spacial score (nSPS) is 19.0. The number of nitrogens with zero attached hydrogens (tertiary/aromatic N) is 3. The summed E-state index contributed by atoms with van der Waals surface area (Å²) < 4.78 is 5.35. The Bertz CT molecular complexity index is 1120. The van der Waals surface area contributed by atoms with Gasteiger partial charge in [0.1, 0.15) is 11.4 Å². The third kappa shape index (κ3) is 3.17. The van der Waals surface area contributed by atoms with Crippen LogP contribution in [0.5, 0.6) is 0 Å². The quantitative estimate of drug-likeness (QED) is 0.699. The first-order valence-electron chi connectivity index (χ1n) is 9.13. The number of amides is 2. The SMILES string of the molecule is Cc1ccc(-c2cccc(C(N)=O)n2)cc1-c1cc([C@]2(O)CCN(C)C2=O)on1. The van der Waals surface area contributed by atoms with Gasteiger partial charge in [0, 0.05) is 37.2 Å². The van der Waals surface area contributed by atoms with Gasteiger partial charge in [-0.2, -0.15) is 0 Å². The Labute approximate surface area is 166 Å². The van der Waals surface area contributed by atoms with Gasteiger partial charge < -0.3 is 20.3 Å². The molecule has 1 aliphatic rings. The fourth-order valence-corrected chi connectivity index (χ4v) is 3.47. The number of likely N-dealkylation sites (tertiary alicyclic amines) is 1. The van der Waals surface area contributed by atoms with Crippen LogP contribution in [0, 0.1) is 6.92 Å². The molecule has 8 nitrogen and oxygen atoms in total. The molecule has 148 valence electrons. The van der Waals surface area contributed by atoms with Crippen molar-refractivity contribution in [3.63, 3.8) is 0 Å². The molecule has 1 aromatic carbocycles. The summed E-state index contributed by atoms with van der Waals surface area (Å²) in [5, 5.41) is 14.8. The van der Waals surface area contributed by atoms with Crippen LogP contribution in [0.2, 0.25) is 0 Å². The summed E-state index contributed by atoms with van der Waals surface area (Å²) in [7, 11) is 1.64. The lowest BCUT2D eigenvalue weighted by Crippen LogP contribution is -2.35. The molecule has 1 aliphatic heterocycles. The van der Waals surface area contributed by atoms with Crippen LogP contribution in [0.25, 0.3) is 22.5 Å². The van der Waals surface area contributed by atoms with Gasteiger partial charge in [-0.25, -0.2) is 4.98 Å². The number of carbonyl (C=O) groups is 2. The molecule has 2 amide bonds. The molecule has 0 saturated carbocycles. The van der Waals surface area contributed by atoms with E-state index in [1.54, 1.807) is 31.3 Å². The maximum atomic E-state index is 12.3. The van der Waals surface area contributed by atoms with Crippen molar-refractivity contribution in [2.24, 2.45) is 5.73 Å². The summed E-state index contributed by atoms with van der Waals surface area (Å²) in [5.41, 5.74) is 7.38. The number of benzene rings is 1. The maximum absolute atomic E-state index is 12.3. The summed E-state index contributed by atoms with van der Waals surface area (Å²) in [6.07, 6.45) is 0.250. The molecule has 8 heteroatoms. The maximum Gasteiger partial charge on any atom is 0.267 e. The zero-order valence-corrected chi connectivity index (χ0v) is 16.0. The predicted octanol–water partition coefficient (Wildman–Crippen LogP) is 1.86. The molecular weight excluding hydrogens is 372 g/mol. The van der Waals surface area contributed by atoms with E-state index in [0.717, 1.165) is 16.7 Å². The van der Waals surface area contributed by atoms with Crippen molar-refractivity contribution in [1.29, 1.82) is 0 Å². The number of aliphatic hydroxyl groups is 1. The average Bonchev–Trinajstić information content (AvgIpc) is 3.31. The average molecular weight is 392 g/mol. The van der Waals surface area contributed by atoms with Crippen LogP contribution in [0.4, 0.5) is 0 Å². The highest BCUT2D eigenvalue weighted by Crippen LogP contribution is 2.36. The third-order valence-electron chi connectivity index (χ3n) is 5.24. The van der Waals surface area contributed by atoms with Crippen molar-refractivity contribution in [2.75, 3.05) is 13.6 Å². The monoisotopic (exact) mass is 392 g/mol. The zero-order chi connectivity index (χ0) is 20.8. The van der Waals surface area contributed by atoms with Crippen LogP contribution < -0.4 is 5.73 Å². The number of nitrogens with two attached hydrogens (primary N) is 1. The number of likely N-dealkylation sites (N-methyl/N-ethyl adjacent to an activating group) is 1. The molecule has 0 spiro atoms. The summed E-state index contributed by atoms with van der Waals surface area (Å²) in [6, 6.07) is 12.3. The number of rotatable bonds is 4. The molecule has 3 aromatic rings. The lowest BCUT2D eigenvalue weighted by atomic mass is 9.96. The van der Waals surface area contributed by atoms with Crippen molar-refractivity contribution in [2.45, 2.75) is 18.9 Å². The van der Waals surface area contributed by atoms with E-state index in [4.69, 9.17) is 10.3 Å². The standard InChI is InChI=1S/C21H20N4O4/c1-12-6-7-13(15-4-3-5-16(23-15)19(22)26)10-14(12)17-11-18(29-24-17)21(28)8-9-25(2)20(21)27/h3-7,10-11,28H,8-9H2,1-2H3,(H2,22,26)/t21-/m1/s1. The molecule has 0 unspecified atom stereocenters. The van der Waals surface area contributed by atoms with Crippen molar-refractivity contribution >= 4 is 11.8 Å². The second-order valence-corrected chi connectivity index (χ2v) is 7.22. The van der Waals surface area contributed by atoms with E-state index in [1.165, 1.54) is 4.90 Å². The molecule has 0 bridgehead atoms. The predicted molar refractivity (Wildman–Crippen MR) is 105 cm³/mol. The van der Waals surface area contributed by atoms with Crippen LogP contribution in [-0.4, -0.2) is 45.6 Å². The van der Waals surface area contributed by atoms with E-state index in [2.05, 4.69) is 10.1 Å². The Kier molecular flexibility index (Phi) is 4.43. The minimum Gasteiger partial charge on any atom is -0.373 e. The minimum atomic E-state index is -1.69. The second kappa shape index (κ2) is 6.82. The Morgan fingerprint density at radius 1 is 1.24 bits per heavy atom. The van der Waals surface area contributed by atoms with Gasteiger partial charge in [0.05, 0.1) is 5.69 Å². The van der Waals surface area contributed by atoms with E-state index in [0.29, 0.717) is 17.9 Å². The van der Waals surface area contributed by atoms with Gasteiger partial charge in [-0.3, -0.25) is 9.59 Å². The van der Waals surface area contributed by atoms with E-state index < -0.39 is 17.4 Å². The van der Waals surface area contributed by atoms with Crippen molar-refractivity contribution in [3.8, 4) is 22.5 Å². The molecule has 29 heavy (non-hydrogen) atoms. The summed E-state index contributed by atoms with van der Waals surface area (Å²) in [5.74, 6) is -0.876. The fourth-order valence-electron chi connectivity index (χ4n) is 3.47. The Morgan fingerprint density at radius 2 is 2.03 bits per heavy atom. The third-order valence-corrected chi connectivity index (χ3v) is 5.24. The van der Waals surface area contributed by atoms with E-state index >= 15 is 0 Å². The molecule has 0 aliphatic carbocycles. The fraction of sp³-hybridized carbons (Fsp3) is 0.238. The lowest BCUT2D eigenvalue weighted by Gasteiger charge is -2.16. The summed E-state index contributed by atoms with van der Waals surface area (Å²) in [4.78, 5) is 29.5. The highest BCUT2D eigenvalue weighted by Gasteiger charge is 2.48. The van der Waals surface area contributed by atoms with E-state index in [9.17, 15) is 14.7 Å². The smallest absolute Gasteiger partial charge is 0.267 e. The van der Waals surface area contributed by atoms with Gasteiger partial charge in [0.2, 0.25) is 5.60 Å². The molecule has 2 aromatic heterocycles.